The first-order valence-electron chi connectivity index (χ1n) is 31.9. The van der Waals surface area contributed by atoms with Gasteiger partial charge in [0.15, 0.2) is 0 Å². The topological polar surface area (TPSA) is 235 Å². The van der Waals surface area contributed by atoms with Gasteiger partial charge < -0.3 is 20.4 Å². The Morgan fingerprint density at radius 3 is 2.15 bits per heavy atom. The number of piperazine rings is 2. The third-order valence-electron chi connectivity index (χ3n) is 18.2. The molecule has 94 heavy (non-hydrogen) atoms. The van der Waals surface area contributed by atoms with Crippen molar-refractivity contribution in [2.24, 2.45) is 5.41 Å². The summed E-state index contributed by atoms with van der Waals surface area (Å²) in [6, 6.07) is 29.2. The number of thioether (sulfide) groups is 1. The van der Waals surface area contributed by atoms with Gasteiger partial charge in [-0.15, -0.1) is 11.8 Å². The van der Waals surface area contributed by atoms with Crippen molar-refractivity contribution in [1.29, 1.82) is 0 Å². The number of imide groups is 2. The number of nitrogens with one attached hydrogen (secondary N) is 4. The number of nitrogens with zero attached hydrogens (tertiary/aromatic N) is 5. The highest BCUT2D eigenvalue weighted by atomic mass is 35.5. The van der Waals surface area contributed by atoms with E-state index in [1.807, 2.05) is 52.1 Å². The summed E-state index contributed by atoms with van der Waals surface area (Å²) in [5.74, 6) is -3.02. The zero-order valence-corrected chi connectivity index (χ0v) is 55.9. The monoisotopic (exact) mass is 1370 g/mol. The number of sulfonamides is 1. The Balaban J connectivity index is 0.695. The fourth-order valence-corrected chi connectivity index (χ4v) is 16.0. The van der Waals surface area contributed by atoms with E-state index in [9.17, 15) is 58.8 Å². The highest BCUT2D eigenvalue weighted by Crippen LogP contribution is 2.43. The Kier molecular flexibility index (Phi) is 22.3. The lowest BCUT2D eigenvalue weighted by Gasteiger charge is -2.39. The zero-order chi connectivity index (χ0) is 67.0. The van der Waals surface area contributed by atoms with Crippen LogP contribution in [0.15, 0.2) is 136 Å². The average molecular weight is 1370 g/mol. The molecule has 6 amide bonds. The van der Waals surface area contributed by atoms with Crippen molar-refractivity contribution in [2.75, 3.05) is 93.3 Å². The number of anilines is 3. The molecular formula is C68H79ClF3N9O10S3. The Bertz CT molecular complexity index is 3880. The summed E-state index contributed by atoms with van der Waals surface area (Å²) in [6.07, 6.45) is 7.86. The molecule has 5 aliphatic rings. The molecule has 4 aliphatic heterocycles. The van der Waals surface area contributed by atoms with E-state index in [-0.39, 0.29) is 46.6 Å². The molecule has 0 aromatic heterocycles. The molecule has 2 atom stereocenters. The van der Waals surface area contributed by atoms with E-state index < -0.39 is 82.5 Å². The van der Waals surface area contributed by atoms with Gasteiger partial charge in [0.2, 0.25) is 17.7 Å². The number of sulfone groups is 1. The van der Waals surface area contributed by atoms with Crippen LogP contribution in [-0.2, 0) is 34.2 Å². The summed E-state index contributed by atoms with van der Waals surface area (Å²) >= 11 is 7.62. The molecule has 5 aromatic carbocycles. The predicted molar refractivity (Wildman–Crippen MR) is 357 cm³/mol. The summed E-state index contributed by atoms with van der Waals surface area (Å²) in [5.41, 5.74) is -0.393. The van der Waals surface area contributed by atoms with Crippen LogP contribution >= 0.6 is 23.4 Å². The van der Waals surface area contributed by atoms with Crippen LogP contribution in [0.3, 0.4) is 0 Å². The number of unbranched alkanes of at least 4 members (excludes halogenated alkanes) is 4. The van der Waals surface area contributed by atoms with Crippen LogP contribution < -0.4 is 25.6 Å². The molecule has 10 rings (SSSR count). The minimum Gasteiger partial charge on any atom is -0.384 e. The van der Waals surface area contributed by atoms with E-state index in [0.717, 1.165) is 92.2 Å². The number of rotatable bonds is 26. The highest BCUT2D eigenvalue weighted by molar-refractivity contribution is 7.99. The number of carbonyl (C=O) groups excluding carboxylic acids is 6. The fourth-order valence-electron chi connectivity index (χ4n) is 12.9. The van der Waals surface area contributed by atoms with Gasteiger partial charge in [-0.2, -0.15) is 13.2 Å². The van der Waals surface area contributed by atoms with Crippen LogP contribution in [0.25, 0.3) is 5.57 Å². The molecule has 3 fully saturated rings. The summed E-state index contributed by atoms with van der Waals surface area (Å²) in [6.45, 7) is 11.4. The number of carbonyl (C=O) groups is 6. The number of hydrogen-bond acceptors (Lipinski definition) is 16. The Labute approximate surface area is 556 Å². The third-order valence-corrected chi connectivity index (χ3v) is 22.4. The van der Waals surface area contributed by atoms with E-state index in [2.05, 4.69) is 56.6 Å². The molecule has 2 unspecified atom stereocenters. The maximum Gasteiger partial charge on any atom is 0.501 e. The van der Waals surface area contributed by atoms with Crippen molar-refractivity contribution >= 4 is 101 Å². The van der Waals surface area contributed by atoms with Crippen LogP contribution in [0.2, 0.25) is 5.02 Å². The number of benzene rings is 5. The van der Waals surface area contributed by atoms with Gasteiger partial charge in [0.05, 0.1) is 21.7 Å². The van der Waals surface area contributed by atoms with Crippen LogP contribution in [0.1, 0.15) is 128 Å². The van der Waals surface area contributed by atoms with Crippen LogP contribution in [0.5, 0.6) is 0 Å². The lowest BCUT2D eigenvalue weighted by molar-refractivity contribution is -0.136. The number of allylic oxidation sites excluding steroid dienone is 1. The number of piperidine rings is 1. The second-order valence-corrected chi connectivity index (χ2v) is 30.5. The lowest BCUT2D eigenvalue weighted by Crippen LogP contribution is -2.54. The van der Waals surface area contributed by atoms with Crippen LogP contribution in [0, 0.1) is 5.41 Å². The van der Waals surface area contributed by atoms with Crippen molar-refractivity contribution in [3.8, 4) is 0 Å². The van der Waals surface area contributed by atoms with Gasteiger partial charge >= 0.3 is 5.51 Å². The zero-order valence-electron chi connectivity index (χ0n) is 52.7. The maximum atomic E-state index is 14.5. The molecule has 19 nitrogen and oxygen atoms in total. The first kappa shape index (κ1) is 69.5. The van der Waals surface area contributed by atoms with Gasteiger partial charge in [0.1, 0.15) is 10.9 Å². The van der Waals surface area contributed by atoms with Gasteiger partial charge in [0.25, 0.3) is 37.6 Å². The first-order chi connectivity index (χ1) is 44.8. The molecule has 0 radical (unpaired) electrons. The molecule has 4 N–H and O–H groups in total. The van der Waals surface area contributed by atoms with Crippen molar-refractivity contribution in [1.82, 2.24) is 29.6 Å². The number of alkyl halides is 3. The van der Waals surface area contributed by atoms with Gasteiger partial charge in [-0.1, -0.05) is 86.7 Å². The predicted octanol–water partition coefficient (Wildman–Crippen LogP) is 10.5. The third kappa shape index (κ3) is 17.0. The molecule has 3 saturated heterocycles. The second kappa shape index (κ2) is 30.2. The van der Waals surface area contributed by atoms with E-state index in [1.54, 1.807) is 30.3 Å². The molecule has 502 valence electrons. The van der Waals surface area contributed by atoms with Gasteiger partial charge in [-0.05, 0) is 140 Å². The standard InChI is InChI=1S/C68H79ClF3N9O10S3/c1-67(2)31-29-54(46-17-21-49(69)22-18-46)48(43-67)44-78-36-38-79(39-37-78)51-23-19-47(20-24-51)63(84)76-94(90,91)53-25-26-56(59(42-53)93(88,89)68(70,71)72)74-50(45-92-52-12-7-6-8-13-52)30-33-77-34-40-80(41-35-77)61(83)16-9-4-3-5-10-32-73-57-15-11-14-55-62(57)66(87)81(65(55)86)58-27-28-60(82)75-64(58)85/h6-8,11-15,17-26,42,50,58,73-74H,3-5,9-10,16,27-41,43-45H2,1-2H3,(H,76,84)(H,75,82,85). The van der Waals surface area contributed by atoms with Crippen molar-refractivity contribution in [2.45, 2.75) is 123 Å². The fraction of sp³-hybridized carbons (Fsp3) is 0.441. The molecule has 26 heteroatoms. The minimum atomic E-state index is -6.16. The van der Waals surface area contributed by atoms with Crippen molar-refractivity contribution in [3.05, 3.63) is 148 Å². The highest BCUT2D eigenvalue weighted by Gasteiger charge is 2.49. The summed E-state index contributed by atoms with van der Waals surface area (Å²) < 4.78 is 99.9. The lowest BCUT2D eigenvalue weighted by atomic mass is 9.73. The Morgan fingerprint density at radius 1 is 0.755 bits per heavy atom. The number of amides is 6. The molecule has 0 bridgehead atoms. The van der Waals surface area contributed by atoms with E-state index in [1.165, 1.54) is 40.6 Å². The summed E-state index contributed by atoms with van der Waals surface area (Å²) in [4.78, 5) is 85.9. The van der Waals surface area contributed by atoms with E-state index >= 15 is 0 Å². The van der Waals surface area contributed by atoms with Crippen molar-refractivity contribution in [3.63, 3.8) is 0 Å². The molecule has 1 aliphatic carbocycles. The van der Waals surface area contributed by atoms with Gasteiger partial charge in [-0.25, -0.2) is 21.6 Å². The molecule has 0 saturated carbocycles. The van der Waals surface area contributed by atoms with Crippen LogP contribution in [0.4, 0.5) is 30.2 Å². The Hall–Kier alpha value is -7.29. The first-order valence-corrected chi connectivity index (χ1v) is 36.3. The van der Waals surface area contributed by atoms with Crippen LogP contribution in [-0.4, -0.2) is 167 Å². The normalized spacial score (nSPS) is 18.7. The summed E-state index contributed by atoms with van der Waals surface area (Å²) in [5, 5.41) is 9.18. The second-order valence-electron chi connectivity index (χ2n) is 25.4. The van der Waals surface area contributed by atoms with Crippen molar-refractivity contribution < 1.29 is 58.8 Å². The van der Waals surface area contributed by atoms with E-state index in [0.29, 0.717) is 88.4 Å². The maximum absolute atomic E-state index is 14.5. The SMILES string of the molecule is CC1(C)CCC(c2ccc(Cl)cc2)=C(CN2CCN(c3ccc(C(=O)NS(=O)(=O)c4ccc(NC(CCN5CCN(C(=O)CCCCCCCNc6cccc7c6C(=O)N(C6CCC(=O)NC6=O)C7=O)CC5)CSc5ccccc5)c(S(=O)(=O)C(F)(F)F)c4)cc3)CC2)C1. The largest absolute Gasteiger partial charge is 0.501 e. The molecule has 4 heterocycles. The number of halogens is 4. The Morgan fingerprint density at radius 2 is 1.45 bits per heavy atom. The number of fused-ring (bicyclic) bond motifs is 1. The van der Waals surface area contributed by atoms with Gasteiger partial charge in [-0.3, -0.25) is 48.8 Å². The molecular weight excluding hydrogens is 1290 g/mol. The minimum absolute atomic E-state index is 0.0273. The number of hydrogen-bond donors (Lipinski definition) is 4. The summed E-state index contributed by atoms with van der Waals surface area (Å²) in [7, 11) is -11.1. The smallest absolute Gasteiger partial charge is 0.384 e. The average Bonchev–Trinajstić information content (AvgIpc) is 1.67. The molecule has 5 aromatic rings. The quantitative estimate of drug-likeness (QED) is 0.0229. The van der Waals surface area contributed by atoms with Gasteiger partial charge in [0, 0.05) is 123 Å². The van der Waals surface area contributed by atoms with E-state index in [4.69, 9.17) is 11.6 Å². The molecule has 0 spiro atoms.